The van der Waals surface area contributed by atoms with Gasteiger partial charge in [-0.15, -0.1) is 0 Å². The number of likely N-dealkylation sites (tertiary alicyclic amines) is 2. The van der Waals surface area contributed by atoms with E-state index in [1.165, 1.54) is 0 Å². The Hall–Kier alpha value is -4.95. The molecule has 6 aliphatic rings. The van der Waals surface area contributed by atoms with Crippen molar-refractivity contribution in [2.24, 2.45) is 11.8 Å². The van der Waals surface area contributed by atoms with Crippen LogP contribution in [0.25, 0.3) is 0 Å². The molecule has 2 saturated heterocycles. The fraction of sp³-hybridized carbons (Fsp3) is 0.655. The standard InChI is InChI=1S/C55H77N7O7/c1-33(56-3)51(65)59-49(35-15-7-5-8-16-35)54(68)61-29-13-23-45(61)48(64)32-38-25-26-41-39(38)20-12-22-43(41)47(63)31-37-19-11-21-42-40(37)27-28-44(42)58-53(67)46-24-14-30-62(46)55(69)50(36-17-9-6-10-18-36)60-52(66)34(2)57-4/h11-12,19-22,33-36,38,44-46,49-50,56-57H,5-10,13-18,23-32H2,1-4H3,(H,58,67)(H,59,65)(H,60,66)/t33-,34-,38-,44+,45-,46-,49-,50-/m0/s1. The Kier molecular flexibility index (Phi) is 16.7. The zero-order valence-corrected chi connectivity index (χ0v) is 41.5. The Morgan fingerprint density at radius 3 is 1.72 bits per heavy atom. The third-order valence-corrected chi connectivity index (χ3v) is 16.9. The van der Waals surface area contributed by atoms with E-state index in [4.69, 9.17) is 0 Å². The Labute approximate surface area is 409 Å². The minimum Gasteiger partial charge on any atom is -0.347 e. The van der Waals surface area contributed by atoms with Crippen LogP contribution >= 0.6 is 0 Å². The summed E-state index contributed by atoms with van der Waals surface area (Å²) in [5.41, 5.74) is 5.78. The maximum Gasteiger partial charge on any atom is 0.246 e. The summed E-state index contributed by atoms with van der Waals surface area (Å²) in [4.78, 5) is 101. The Morgan fingerprint density at radius 1 is 0.594 bits per heavy atom. The second kappa shape index (κ2) is 22.9. The summed E-state index contributed by atoms with van der Waals surface area (Å²) in [5.74, 6) is -0.761. The molecule has 0 radical (unpaired) electrons. The van der Waals surface area contributed by atoms with Crippen LogP contribution in [0.4, 0.5) is 0 Å². The SMILES string of the molecule is CN[C@@H](C)C(=O)N[C@H](C(=O)N1CCC[C@H]1C(=O)C[C@@H]1CCc2c(C(=O)Cc3cccc4c3CC[C@H]4NC(=O)[C@@H]3CCCN3C(=O)[C@@H](NC(=O)[C@H](C)NC)C3CCCCC3)cccc21)C1CCCCC1. The van der Waals surface area contributed by atoms with E-state index < -0.39 is 36.3 Å². The van der Waals surface area contributed by atoms with Gasteiger partial charge in [-0.2, -0.15) is 0 Å². The zero-order chi connectivity index (χ0) is 48.8. The Bertz CT molecular complexity index is 2240. The minimum atomic E-state index is -0.660. The van der Waals surface area contributed by atoms with Crippen LogP contribution in [0.5, 0.6) is 0 Å². The van der Waals surface area contributed by atoms with Crippen molar-refractivity contribution in [3.8, 4) is 0 Å². The largest absolute Gasteiger partial charge is 0.347 e. The van der Waals surface area contributed by atoms with Crippen molar-refractivity contribution in [2.75, 3.05) is 27.2 Å². The third kappa shape index (κ3) is 11.2. The van der Waals surface area contributed by atoms with E-state index in [2.05, 4.69) is 32.7 Å². The molecule has 2 saturated carbocycles. The molecule has 69 heavy (non-hydrogen) atoms. The maximum atomic E-state index is 14.3. The normalized spacial score (nSPS) is 24.5. The minimum absolute atomic E-state index is 0.0273. The van der Waals surface area contributed by atoms with Crippen molar-refractivity contribution in [2.45, 2.75) is 190 Å². The summed E-state index contributed by atoms with van der Waals surface area (Å²) >= 11 is 0. The van der Waals surface area contributed by atoms with Gasteiger partial charge in [0.1, 0.15) is 18.1 Å². The summed E-state index contributed by atoms with van der Waals surface area (Å²) in [6, 6.07) is 8.34. The number of carbonyl (C=O) groups excluding carboxylic acids is 7. The zero-order valence-electron chi connectivity index (χ0n) is 41.5. The van der Waals surface area contributed by atoms with Gasteiger partial charge in [0.2, 0.25) is 29.5 Å². The number of nitrogens with one attached hydrogen (secondary N) is 5. The molecule has 2 aliphatic heterocycles. The molecule has 8 rings (SSSR count). The molecular weight excluding hydrogens is 871 g/mol. The monoisotopic (exact) mass is 948 g/mol. The summed E-state index contributed by atoms with van der Waals surface area (Å²) < 4.78 is 0. The molecule has 5 amide bonds. The van der Waals surface area contributed by atoms with Gasteiger partial charge < -0.3 is 36.4 Å². The second-order valence-corrected chi connectivity index (χ2v) is 21.1. The van der Waals surface area contributed by atoms with Crippen LogP contribution < -0.4 is 26.6 Å². The number of ketones is 2. The van der Waals surface area contributed by atoms with E-state index in [0.29, 0.717) is 50.8 Å². The van der Waals surface area contributed by atoms with Gasteiger partial charge in [0, 0.05) is 31.5 Å². The van der Waals surface area contributed by atoms with Crippen LogP contribution in [0.2, 0.25) is 0 Å². The third-order valence-electron chi connectivity index (χ3n) is 16.9. The van der Waals surface area contributed by atoms with Crippen molar-refractivity contribution >= 4 is 41.1 Å². The predicted octanol–water partition coefficient (Wildman–Crippen LogP) is 5.53. The lowest BCUT2D eigenvalue weighted by atomic mass is 9.83. The summed E-state index contributed by atoms with van der Waals surface area (Å²) in [7, 11) is 3.45. The van der Waals surface area contributed by atoms with E-state index >= 15 is 0 Å². The molecule has 14 nitrogen and oxygen atoms in total. The van der Waals surface area contributed by atoms with Gasteiger partial charge in [-0.1, -0.05) is 74.9 Å². The smallest absolute Gasteiger partial charge is 0.246 e. The lowest BCUT2D eigenvalue weighted by Gasteiger charge is -2.35. The first-order valence-electron chi connectivity index (χ1n) is 26.5. The first-order valence-corrected chi connectivity index (χ1v) is 26.5. The average molecular weight is 948 g/mol. The topological polar surface area (TPSA) is 186 Å². The molecular formula is C55H77N7O7. The van der Waals surface area contributed by atoms with E-state index in [-0.39, 0.29) is 71.3 Å². The van der Waals surface area contributed by atoms with Gasteiger partial charge in [-0.05, 0) is 151 Å². The number of hydrogen-bond acceptors (Lipinski definition) is 9. The van der Waals surface area contributed by atoms with Gasteiger partial charge in [0.25, 0.3) is 0 Å². The van der Waals surface area contributed by atoms with Crippen molar-refractivity contribution in [1.82, 2.24) is 36.4 Å². The number of hydrogen-bond donors (Lipinski definition) is 5. The lowest BCUT2D eigenvalue weighted by molar-refractivity contribution is -0.143. The quantitative estimate of drug-likeness (QED) is 0.120. The van der Waals surface area contributed by atoms with Gasteiger partial charge in [-0.3, -0.25) is 33.6 Å². The predicted molar refractivity (Wildman–Crippen MR) is 264 cm³/mol. The number of nitrogens with zero attached hydrogens (tertiary/aromatic N) is 2. The molecule has 14 heteroatoms. The highest BCUT2D eigenvalue weighted by Crippen LogP contribution is 2.40. The molecule has 2 aromatic rings. The van der Waals surface area contributed by atoms with Crippen molar-refractivity contribution < 1.29 is 33.6 Å². The van der Waals surface area contributed by atoms with Crippen LogP contribution in [0.1, 0.15) is 173 Å². The number of likely N-dealkylation sites (N-methyl/N-ethyl adjacent to an activating group) is 2. The fourth-order valence-electron chi connectivity index (χ4n) is 12.7. The summed E-state index contributed by atoms with van der Waals surface area (Å²) in [5, 5.41) is 15.4. The number of Topliss-reactive ketones (excluding diaryl/α,β-unsaturated/α-hetero) is 2. The molecule has 4 aliphatic carbocycles. The Balaban J connectivity index is 0.904. The average Bonchev–Trinajstić information content (AvgIpc) is 4.22. The molecule has 8 atom stereocenters. The van der Waals surface area contributed by atoms with Crippen LogP contribution in [0, 0.1) is 11.8 Å². The van der Waals surface area contributed by atoms with Gasteiger partial charge in [-0.25, -0.2) is 0 Å². The molecule has 4 fully saturated rings. The van der Waals surface area contributed by atoms with Crippen molar-refractivity contribution in [1.29, 1.82) is 0 Å². The second-order valence-electron chi connectivity index (χ2n) is 21.1. The van der Waals surface area contributed by atoms with Crippen LogP contribution in [0.15, 0.2) is 36.4 Å². The van der Waals surface area contributed by atoms with Crippen molar-refractivity contribution in [3.05, 3.63) is 69.8 Å². The van der Waals surface area contributed by atoms with Gasteiger partial charge in [0.15, 0.2) is 11.6 Å². The van der Waals surface area contributed by atoms with E-state index in [0.717, 1.165) is 118 Å². The number of amides is 5. The number of benzene rings is 2. The van der Waals surface area contributed by atoms with E-state index in [9.17, 15) is 33.6 Å². The first-order chi connectivity index (χ1) is 33.4. The Morgan fingerprint density at radius 2 is 1.13 bits per heavy atom. The molecule has 0 bridgehead atoms. The number of fused-ring (bicyclic) bond motifs is 2. The molecule has 5 N–H and O–H groups in total. The highest BCUT2D eigenvalue weighted by Gasteiger charge is 2.44. The lowest BCUT2D eigenvalue weighted by Crippen LogP contribution is -2.58. The molecule has 2 aromatic carbocycles. The number of rotatable bonds is 18. The summed E-state index contributed by atoms with van der Waals surface area (Å²) in [6.07, 6.45) is 15.9. The van der Waals surface area contributed by atoms with Crippen molar-refractivity contribution in [3.63, 3.8) is 0 Å². The number of carbonyl (C=O) groups is 7. The van der Waals surface area contributed by atoms with E-state index in [1.807, 2.05) is 30.3 Å². The molecule has 2 heterocycles. The molecule has 0 aromatic heterocycles. The summed E-state index contributed by atoms with van der Waals surface area (Å²) in [6.45, 7) is 4.55. The van der Waals surface area contributed by atoms with Gasteiger partial charge >= 0.3 is 0 Å². The molecule has 0 unspecified atom stereocenters. The van der Waals surface area contributed by atoms with Crippen LogP contribution in [-0.2, 0) is 48.0 Å². The molecule has 374 valence electrons. The van der Waals surface area contributed by atoms with Crippen LogP contribution in [0.3, 0.4) is 0 Å². The highest BCUT2D eigenvalue weighted by atomic mass is 16.2. The maximum absolute atomic E-state index is 14.3. The van der Waals surface area contributed by atoms with E-state index in [1.54, 1.807) is 37.7 Å². The first kappa shape index (κ1) is 50.4. The fourth-order valence-corrected chi connectivity index (χ4v) is 12.7. The molecule has 0 spiro atoms. The highest BCUT2D eigenvalue weighted by molar-refractivity contribution is 6.00. The van der Waals surface area contributed by atoms with Crippen LogP contribution in [-0.4, -0.2) is 114 Å². The van der Waals surface area contributed by atoms with Gasteiger partial charge in [0.05, 0.1) is 24.2 Å².